The predicted molar refractivity (Wildman–Crippen MR) is 68.8 cm³/mol. The summed E-state index contributed by atoms with van der Waals surface area (Å²) in [5.74, 6) is 0.0943. The number of nitrogens with one attached hydrogen (secondary N) is 1. The average Bonchev–Trinajstić information content (AvgIpc) is 2.35. The van der Waals surface area contributed by atoms with Gasteiger partial charge in [0.15, 0.2) is 5.17 Å². The van der Waals surface area contributed by atoms with Crippen molar-refractivity contribution in [1.29, 1.82) is 5.26 Å². The van der Waals surface area contributed by atoms with E-state index in [1.165, 1.54) is 0 Å². The first-order valence-corrected chi connectivity index (χ1v) is 5.79. The molecular weight excluding hydrogens is 254 g/mol. The lowest BCUT2D eigenvalue weighted by Crippen LogP contribution is -2.11. The third-order valence-corrected chi connectivity index (χ3v) is 2.50. The molecule has 7 heteroatoms. The minimum atomic E-state index is -1.35. The second kappa shape index (κ2) is 7.09. The minimum Gasteiger partial charge on any atom is -0.463 e. The number of carboxylic acid groups (broad SMARTS) is 1. The van der Waals surface area contributed by atoms with Crippen LogP contribution in [0.3, 0.4) is 0 Å². The van der Waals surface area contributed by atoms with Gasteiger partial charge in [0, 0.05) is 5.69 Å². The van der Waals surface area contributed by atoms with Crippen LogP contribution >= 0.6 is 11.8 Å². The number of nitrogens with zero attached hydrogens (tertiary/aromatic N) is 2. The van der Waals surface area contributed by atoms with Gasteiger partial charge < -0.3 is 15.2 Å². The van der Waals surface area contributed by atoms with Crippen molar-refractivity contribution in [2.75, 3.05) is 11.1 Å². The van der Waals surface area contributed by atoms with Gasteiger partial charge in [0.25, 0.3) is 0 Å². The zero-order valence-electron chi connectivity index (χ0n) is 9.16. The van der Waals surface area contributed by atoms with E-state index in [-0.39, 0.29) is 10.9 Å². The van der Waals surface area contributed by atoms with E-state index in [1.54, 1.807) is 24.3 Å². The molecule has 0 heterocycles. The molecule has 0 fully saturated rings. The Balaban J connectivity index is 2.85. The molecule has 0 aliphatic carbocycles. The molecule has 1 aromatic rings. The van der Waals surface area contributed by atoms with E-state index >= 15 is 0 Å². The number of aldehydes is 1. The van der Waals surface area contributed by atoms with E-state index in [2.05, 4.69) is 10.3 Å². The number of carbonyl (C=O) groups is 2. The minimum absolute atomic E-state index is 0.0877. The summed E-state index contributed by atoms with van der Waals surface area (Å²) >= 11 is 0.965. The van der Waals surface area contributed by atoms with Crippen molar-refractivity contribution in [2.45, 2.75) is 0 Å². The molecule has 92 valence electrons. The SMILES string of the molecule is N#Cc1cccc(N/C(=N\C(=O)O)SCC=O)c1. The van der Waals surface area contributed by atoms with Gasteiger partial charge in [-0.15, -0.1) is 0 Å². The fourth-order valence-electron chi connectivity index (χ4n) is 1.09. The second-order valence-electron chi connectivity index (χ2n) is 2.99. The Morgan fingerprint density at radius 1 is 1.61 bits per heavy atom. The molecule has 0 bridgehead atoms. The highest BCUT2D eigenvalue weighted by atomic mass is 32.2. The van der Waals surface area contributed by atoms with E-state index in [0.29, 0.717) is 17.5 Å². The fraction of sp³-hybridized carbons (Fsp3) is 0.0909. The summed E-state index contributed by atoms with van der Waals surface area (Å²) in [7, 11) is 0. The number of anilines is 1. The molecule has 1 amide bonds. The van der Waals surface area contributed by atoms with E-state index < -0.39 is 6.09 Å². The van der Waals surface area contributed by atoms with Gasteiger partial charge in [0.05, 0.1) is 17.4 Å². The number of thioether (sulfide) groups is 1. The lowest BCUT2D eigenvalue weighted by Gasteiger charge is -2.07. The second-order valence-corrected chi connectivity index (χ2v) is 4.00. The Hall–Kier alpha value is -2.33. The molecule has 0 spiro atoms. The van der Waals surface area contributed by atoms with E-state index in [9.17, 15) is 9.59 Å². The Labute approximate surface area is 107 Å². The Kier molecular flexibility index (Phi) is 5.41. The lowest BCUT2D eigenvalue weighted by atomic mass is 10.2. The standard InChI is InChI=1S/C11H9N3O3S/c12-7-8-2-1-3-9(6-8)13-10(14-11(16)17)18-5-4-15/h1-4,6H,5H2,(H,13,14)(H,16,17). The monoisotopic (exact) mass is 263 g/mol. The van der Waals surface area contributed by atoms with Crippen LogP contribution in [0.5, 0.6) is 0 Å². The highest BCUT2D eigenvalue weighted by Gasteiger charge is 2.04. The highest BCUT2D eigenvalue weighted by molar-refractivity contribution is 8.14. The number of nitriles is 1. The van der Waals surface area contributed by atoms with Crippen LogP contribution in [0.15, 0.2) is 29.3 Å². The molecule has 0 saturated heterocycles. The van der Waals surface area contributed by atoms with Crippen molar-refractivity contribution in [3.8, 4) is 6.07 Å². The molecule has 18 heavy (non-hydrogen) atoms. The maximum Gasteiger partial charge on any atom is 0.433 e. The van der Waals surface area contributed by atoms with Gasteiger partial charge in [-0.3, -0.25) is 0 Å². The summed E-state index contributed by atoms with van der Waals surface area (Å²) in [4.78, 5) is 24.1. The molecular formula is C11H9N3O3S. The van der Waals surface area contributed by atoms with Gasteiger partial charge in [0.1, 0.15) is 6.29 Å². The molecule has 2 N–H and O–H groups in total. The molecule has 6 nitrogen and oxygen atoms in total. The van der Waals surface area contributed by atoms with Crippen LogP contribution in [0, 0.1) is 11.3 Å². The Morgan fingerprint density at radius 2 is 2.39 bits per heavy atom. The highest BCUT2D eigenvalue weighted by Crippen LogP contribution is 2.13. The van der Waals surface area contributed by atoms with Crippen molar-refractivity contribution in [2.24, 2.45) is 4.99 Å². The van der Waals surface area contributed by atoms with E-state index in [4.69, 9.17) is 10.4 Å². The van der Waals surface area contributed by atoms with Gasteiger partial charge in [-0.2, -0.15) is 10.3 Å². The summed E-state index contributed by atoms with van der Waals surface area (Å²) in [5.41, 5.74) is 0.975. The summed E-state index contributed by atoms with van der Waals surface area (Å²) < 4.78 is 0. The summed E-state index contributed by atoms with van der Waals surface area (Å²) in [6, 6.07) is 8.47. The number of amidine groups is 1. The molecule has 0 aliphatic rings. The maximum atomic E-state index is 10.5. The topological polar surface area (TPSA) is 103 Å². The Bertz CT molecular complexity index is 523. The molecule has 0 saturated carbocycles. The first kappa shape index (κ1) is 13.7. The van der Waals surface area contributed by atoms with Gasteiger partial charge >= 0.3 is 6.09 Å². The molecule has 0 unspecified atom stereocenters. The van der Waals surface area contributed by atoms with Crippen LogP contribution in [-0.2, 0) is 4.79 Å². The first-order chi connectivity index (χ1) is 8.65. The van der Waals surface area contributed by atoms with Gasteiger partial charge in [-0.1, -0.05) is 17.8 Å². The first-order valence-electron chi connectivity index (χ1n) is 4.81. The fourth-order valence-corrected chi connectivity index (χ4v) is 1.64. The zero-order valence-corrected chi connectivity index (χ0v) is 9.98. The smallest absolute Gasteiger partial charge is 0.433 e. The maximum absolute atomic E-state index is 10.5. The number of carbonyl (C=O) groups excluding carboxylic acids is 1. The third-order valence-electron chi connectivity index (χ3n) is 1.73. The van der Waals surface area contributed by atoms with Crippen LogP contribution in [-0.4, -0.2) is 28.4 Å². The van der Waals surface area contributed by atoms with Crippen LogP contribution in [0.4, 0.5) is 10.5 Å². The molecule has 0 aliphatic heterocycles. The number of benzene rings is 1. The molecule has 1 aromatic carbocycles. The average molecular weight is 263 g/mol. The lowest BCUT2D eigenvalue weighted by molar-refractivity contribution is -0.105. The number of amides is 1. The van der Waals surface area contributed by atoms with Crippen LogP contribution in [0.2, 0.25) is 0 Å². The Morgan fingerprint density at radius 3 is 3.00 bits per heavy atom. The van der Waals surface area contributed by atoms with Crippen molar-refractivity contribution in [3.63, 3.8) is 0 Å². The predicted octanol–water partition coefficient (Wildman–Crippen LogP) is 1.94. The number of hydrogen-bond donors (Lipinski definition) is 2. The number of hydrogen-bond acceptors (Lipinski definition) is 4. The summed E-state index contributed by atoms with van der Waals surface area (Å²) in [6.07, 6.45) is -0.706. The molecule has 0 aromatic heterocycles. The normalized spacial score (nSPS) is 10.5. The van der Waals surface area contributed by atoms with Gasteiger partial charge in [-0.05, 0) is 18.2 Å². The number of rotatable bonds is 3. The summed E-state index contributed by atoms with van der Waals surface area (Å²) in [5, 5.41) is 20.1. The van der Waals surface area contributed by atoms with Crippen LogP contribution in [0.25, 0.3) is 0 Å². The van der Waals surface area contributed by atoms with E-state index in [1.807, 2.05) is 6.07 Å². The van der Waals surface area contributed by atoms with Crippen LogP contribution < -0.4 is 5.32 Å². The van der Waals surface area contributed by atoms with Crippen LogP contribution in [0.1, 0.15) is 5.56 Å². The molecule has 0 atom stereocenters. The van der Waals surface area contributed by atoms with Crippen molar-refractivity contribution in [1.82, 2.24) is 0 Å². The van der Waals surface area contributed by atoms with Crippen molar-refractivity contribution >= 4 is 35.0 Å². The molecule has 0 radical (unpaired) electrons. The van der Waals surface area contributed by atoms with Crippen molar-refractivity contribution in [3.05, 3.63) is 29.8 Å². The largest absolute Gasteiger partial charge is 0.463 e. The third kappa shape index (κ3) is 4.67. The van der Waals surface area contributed by atoms with E-state index in [0.717, 1.165) is 11.8 Å². The van der Waals surface area contributed by atoms with Crippen molar-refractivity contribution < 1.29 is 14.7 Å². The summed E-state index contributed by atoms with van der Waals surface area (Å²) in [6.45, 7) is 0. The van der Waals surface area contributed by atoms with Gasteiger partial charge in [0.2, 0.25) is 0 Å². The number of aliphatic imine (C=N–C) groups is 1. The molecule has 1 rings (SSSR count). The van der Waals surface area contributed by atoms with Gasteiger partial charge in [-0.25, -0.2) is 4.79 Å². The quantitative estimate of drug-likeness (QED) is 0.490. The zero-order chi connectivity index (χ0) is 13.4.